The lowest BCUT2D eigenvalue weighted by atomic mass is 10.0. The number of aromatic amines is 1. The van der Waals surface area contributed by atoms with Crippen molar-refractivity contribution in [3.05, 3.63) is 44.7 Å². The molecule has 1 N–H and O–H groups in total. The van der Waals surface area contributed by atoms with Crippen LogP contribution in [0.15, 0.2) is 23.0 Å². The van der Waals surface area contributed by atoms with E-state index in [1.165, 1.54) is 0 Å². The number of benzene rings is 1. The number of fused-ring (bicyclic) bond motifs is 1. The molecular formula is C14H16ClNO. The number of hydrogen-bond acceptors (Lipinski definition) is 1. The van der Waals surface area contributed by atoms with Crippen LogP contribution in [0.4, 0.5) is 0 Å². The number of nitrogens with one attached hydrogen (secondary N) is 1. The molecule has 0 fully saturated rings. The van der Waals surface area contributed by atoms with E-state index in [2.05, 4.69) is 11.9 Å². The van der Waals surface area contributed by atoms with Crippen LogP contribution in [-0.4, -0.2) is 4.98 Å². The zero-order valence-electron chi connectivity index (χ0n) is 10.1. The Labute approximate surface area is 106 Å². The maximum absolute atomic E-state index is 12.3. The van der Waals surface area contributed by atoms with E-state index in [1.807, 2.05) is 19.1 Å². The van der Waals surface area contributed by atoms with E-state index < -0.39 is 0 Å². The molecule has 0 bridgehead atoms. The number of halogens is 1. The fourth-order valence-corrected chi connectivity index (χ4v) is 2.31. The highest BCUT2D eigenvalue weighted by molar-refractivity contribution is 6.35. The van der Waals surface area contributed by atoms with Crippen LogP contribution >= 0.6 is 11.6 Å². The van der Waals surface area contributed by atoms with Crippen LogP contribution in [0.5, 0.6) is 0 Å². The molecule has 1 aromatic heterocycles. The molecule has 0 radical (unpaired) electrons. The Kier molecular flexibility index (Phi) is 3.53. The Bertz CT molecular complexity index is 601. The average Bonchev–Trinajstić information content (AvgIpc) is 2.31. The number of unbranched alkanes of at least 4 members (excludes halogenated alkanes) is 1. The van der Waals surface area contributed by atoms with Crippen molar-refractivity contribution in [3.63, 3.8) is 0 Å². The average molecular weight is 250 g/mol. The van der Waals surface area contributed by atoms with Crippen LogP contribution in [0.3, 0.4) is 0 Å². The van der Waals surface area contributed by atoms with E-state index in [1.54, 1.807) is 6.07 Å². The maximum Gasteiger partial charge on any atom is 0.192 e. The molecule has 0 saturated carbocycles. The van der Waals surface area contributed by atoms with E-state index in [4.69, 9.17) is 11.6 Å². The van der Waals surface area contributed by atoms with Gasteiger partial charge in [-0.3, -0.25) is 4.79 Å². The fourth-order valence-electron chi connectivity index (χ4n) is 2.09. The first-order valence-corrected chi connectivity index (χ1v) is 6.33. The molecule has 0 unspecified atom stereocenters. The Morgan fingerprint density at radius 1 is 1.35 bits per heavy atom. The SMILES string of the molecule is CCCCc1c(C)[nH]c2c(Cl)cccc2c1=O. The molecule has 1 aromatic carbocycles. The van der Waals surface area contributed by atoms with Gasteiger partial charge in [0.2, 0.25) is 0 Å². The normalized spacial score (nSPS) is 11.0. The highest BCUT2D eigenvalue weighted by Gasteiger charge is 2.10. The molecular weight excluding hydrogens is 234 g/mol. The molecule has 0 aliphatic heterocycles. The fraction of sp³-hybridized carbons (Fsp3) is 0.357. The van der Waals surface area contributed by atoms with Crippen LogP contribution in [-0.2, 0) is 6.42 Å². The van der Waals surface area contributed by atoms with Gasteiger partial charge in [0, 0.05) is 16.6 Å². The molecule has 0 spiro atoms. The number of aromatic nitrogens is 1. The highest BCUT2D eigenvalue weighted by Crippen LogP contribution is 2.20. The molecule has 2 rings (SSSR count). The van der Waals surface area contributed by atoms with Crippen LogP contribution in [0.2, 0.25) is 5.02 Å². The van der Waals surface area contributed by atoms with Gasteiger partial charge in [-0.1, -0.05) is 31.0 Å². The summed E-state index contributed by atoms with van der Waals surface area (Å²) in [6.07, 6.45) is 2.96. The summed E-state index contributed by atoms with van der Waals surface area (Å²) in [5, 5.41) is 1.29. The van der Waals surface area contributed by atoms with Gasteiger partial charge >= 0.3 is 0 Å². The third-order valence-electron chi connectivity index (χ3n) is 3.08. The molecule has 17 heavy (non-hydrogen) atoms. The summed E-state index contributed by atoms with van der Waals surface area (Å²) in [5.41, 5.74) is 2.69. The molecule has 2 aromatic rings. The topological polar surface area (TPSA) is 32.9 Å². The molecule has 3 heteroatoms. The van der Waals surface area contributed by atoms with E-state index in [0.29, 0.717) is 10.4 Å². The predicted molar refractivity (Wildman–Crippen MR) is 72.9 cm³/mol. The second-order valence-corrected chi connectivity index (χ2v) is 4.73. The second kappa shape index (κ2) is 4.92. The Morgan fingerprint density at radius 3 is 2.82 bits per heavy atom. The van der Waals surface area contributed by atoms with Crippen molar-refractivity contribution in [3.8, 4) is 0 Å². The van der Waals surface area contributed by atoms with Crippen molar-refractivity contribution < 1.29 is 0 Å². The van der Waals surface area contributed by atoms with E-state index >= 15 is 0 Å². The molecule has 0 saturated heterocycles. The van der Waals surface area contributed by atoms with Gasteiger partial charge in [-0.05, 0) is 31.9 Å². The van der Waals surface area contributed by atoms with Crippen molar-refractivity contribution in [2.75, 3.05) is 0 Å². The molecule has 0 aliphatic rings. The number of rotatable bonds is 3. The number of hydrogen-bond donors (Lipinski definition) is 1. The van der Waals surface area contributed by atoms with Gasteiger partial charge in [-0.25, -0.2) is 0 Å². The van der Waals surface area contributed by atoms with Crippen molar-refractivity contribution >= 4 is 22.5 Å². The van der Waals surface area contributed by atoms with Gasteiger partial charge in [-0.15, -0.1) is 0 Å². The minimum atomic E-state index is 0.118. The minimum Gasteiger partial charge on any atom is -0.357 e. The minimum absolute atomic E-state index is 0.118. The quantitative estimate of drug-likeness (QED) is 0.881. The van der Waals surface area contributed by atoms with Gasteiger partial charge in [0.05, 0.1) is 10.5 Å². The number of H-pyrrole nitrogens is 1. The van der Waals surface area contributed by atoms with Crippen molar-refractivity contribution in [1.29, 1.82) is 0 Å². The first kappa shape index (κ1) is 12.2. The smallest absolute Gasteiger partial charge is 0.192 e. The van der Waals surface area contributed by atoms with Crippen molar-refractivity contribution in [2.45, 2.75) is 33.1 Å². The van der Waals surface area contributed by atoms with Gasteiger partial charge in [0.15, 0.2) is 5.43 Å². The molecule has 0 amide bonds. The first-order chi connectivity index (χ1) is 8.15. The number of para-hydroxylation sites is 1. The Balaban J connectivity index is 2.68. The zero-order chi connectivity index (χ0) is 12.4. The molecule has 2 nitrogen and oxygen atoms in total. The largest absolute Gasteiger partial charge is 0.357 e. The van der Waals surface area contributed by atoms with E-state index in [0.717, 1.165) is 36.0 Å². The van der Waals surface area contributed by atoms with Gasteiger partial charge in [0.1, 0.15) is 0 Å². The number of aryl methyl sites for hydroxylation is 1. The molecule has 0 aliphatic carbocycles. The number of pyridine rings is 1. The molecule has 90 valence electrons. The third-order valence-corrected chi connectivity index (χ3v) is 3.39. The van der Waals surface area contributed by atoms with Crippen LogP contribution in [0, 0.1) is 6.92 Å². The van der Waals surface area contributed by atoms with Crippen LogP contribution in [0.25, 0.3) is 10.9 Å². The first-order valence-electron chi connectivity index (χ1n) is 5.95. The van der Waals surface area contributed by atoms with Crippen molar-refractivity contribution in [2.24, 2.45) is 0 Å². The lowest BCUT2D eigenvalue weighted by Gasteiger charge is -2.08. The lowest BCUT2D eigenvalue weighted by Crippen LogP contribution is -2.13. The summed E-state index contributed by atoms with van der Waals surface area (Å²) in [5.74, 6) is 0. The third kappa shape index (κ3) is 2.22. The van der Waals surface area contributed by atoms with Crippen molar-refractivity contribution in [1.82, 2.24) is 4.98 Å². The monoisotopic (exact) mass is 249 g/mol. The van der Waals surface area contributed by atoms with Gasteiger partial charge < -0.3 is 4.98 Å². The molecule has 1 heterocycles. The Morgan fingerprint density at radius 2 is 2.12 bits per heavy atom. The summed E-state index contributed by atoms with van der Waals surface area (Å²) >= 11 is 6.09. The van der Waals surface area contributed by atoms with Crippen LogP contribution < -0.4 is 5.43 Å². The maximum atomic E-state index is 12.3. The standard InChI is InChI=1S/C14H16ClNO/c1-3-4-6-10-9(2)16-13-11(14(10)17)7-5-8-12(13)15/h5,7-8H,3-4,6H2,1-2H3,(H,16,17). The summed E-state index contributed by atoms with van der Waals surface area (Å²) in [7, 11) is 0. The summed E-state index contributed by atoms with van der Waals surface area (Å²) in [6.45, 7) is 4.07. The van der Waals surface area contributed by atoms with Crippen LogP contribution in [0.1, 0.15) is 31.0 Å². The summed E-state index contributed by atoms with van der Waals surface area (Å²) in [4.78, 5) is 15.6. The van der Waals surface area contributed by atoms with Gasteiger partial charge in [-0.2, -0.15) is 0 Å². The van der Waals surface area contributed by atoms with E-state index in [9.17, 15) is 4.79 Å². The Hall–Kier alpha value is -1.28. The summed E-state index contributed by atoms with van der Waals surface area (Å²) < 4.78 is 0. The van der Waals surface area contributed by atoms with E-state index in [-0.39, 0.29) is 5.43 Å². The zero-order valence-corrected chi connectivity index (χ0v) is 10.9. The lowest BCUT2D eigenvalue weighted by molar-refractivity contribution is 0.784. The second-order valence-electron chi connectivity index (χ2n) is 4.32. The highest BCUT2D eigenvalue weighted by atomic mass is 35.5. The summed E-state index contributed by atoms with van der Waals surface area (Å²) in [6, 6.07) is 5.44. The molecule has 0 atom stereocenters. The van der Waals surface area contributed by atoms with Gasteiger partial charge in [0.25, 0.3) is 0 Å². The predicted octanol–water partition coefficient (Wildman–Crippen LogP) is 3.83.